The highest BCUT2D eigenvalue weighted by atomic mass is 35.5. The minimum Gasteiger partial charge on any atom is -0.317 e. The molecule has 0 aliphatic carbocycles. The molecule has 0 bridgehead atoms. The van der Waals surface area contributed by atoms with Crippen LogP contribution < -0.4 is 5.32 Å². The van der Waals surface area contributed by atoms with Crippen LogP contribution in [0.1, 0.15) is 39.5 Å². The van der Waals surface area contributed by atoms with Crippen LogP contribution in [0.4, 0.5) is 0 Å². The van der Waals surface area contributed by atoms with E-state index in [1.54, 1.807) is 0 Å². The van der Waals surface area contributed by atoms with Gasteiger partial charge in [0.05, 0.1) is 0 Å². The summed E-state index contributed by atoms with van der Waals surface area (Å²) in [6.07, 6.45) is 5.41. The molecular formula is C8H20ClN. The van der Waals surface area contributed by atoms with Crippen molar-refractivity contribution in [2.45, 2.75) is 45.6 Å². The third-order valence-corrected chi connectivity index (χ3v) is 1.73. The summed E-state index contributed by atoms with van der Waals surface area (Å²) in [4.78, 5) is 0. The van der Waals surface area contributed by atoms with Crippen LogP contribution in [-0.4, -0.2) is 13.1 Å². The fourth-order valence-corrected chi connectivity index (χ4v) is 0.845. The molecule has 0 rings (SSSR count). The van der Waals surface area contributed by atoms with Crippen molar-refractivity contribution in [3.8, 4) is 0 Å². The molecular weight excluding hydrogens is 146 g/mol. The summed E-state index contributed by atoms with van der Waals surface area (Å²) in [5.41, 5.74) is 0. The van der Waals surface area contributed by atoms with Gasteiger partial charge in [0.2, 0.25) is 0 Å². The number of hydrogen-bond acceptors (Lipinski definition) is 1. The maximum atomic E-state index is 3.22. The van der Waals surface area contributed by atoms with E-state index in [9.17, 15) is 0 Å². The Labute approximate surface area is 71.0 Å². The lowest BCUT2D eigenvalue weighted by Crippen LogP contribution is -2.20. The van der Waals surface area contributed by atoms with E-state index in [-0.39, 0.29) is 12.4 Å². The highest BCUT2D eigenvalue weighted by Crippen LogP contribution is 2.01. The molecule has 0 radical (unpaired) electrons. The van der Waals surface area contributed by atoms with E-state index in [4.69, 9.17) is 0 Å². The number of unbranched alkanes of at least 4 members (excludes halogenated alkanes) is 2. The lowest BCUT2D eigenvalue weighted by Gasteiger charge is -2.07. The van der Waals surface area contributed by atoms with Crippen LogP contribution in [0.25, 0.3) is 0 Å². The third kappa shape index (κ3) is 8.25. The molecule has 1 N–H and O–H groups in total. The molecule has 2 heteroatoms. The van der Waals surface area contributed by atoms with Crippen LogP contribution in [0.15, 0.2) is 0 Å². The summed E-state index contributed by atoms with van der Waals surface area (Å²) in [6.45, 7) is 4.47. The Morgan fingerprint density at radius 3 is 2.30 bits per heavy atom. The van der Waals surface area contributed by atoms with E-state index in [2.05, 4.69) is 19.2 Å². The van der Waals surface area contributed by atoms with E-state index in [0.717, 1.165) is 0 Å². The van der Waals surface area contributed by atoms with E-state index in [1.807, 2.05) is 7.05 Å². The van der Waals surface area contributed by atoms with Crippen molar-refractivity contribution in [3.05, 3.63) is 0 Å². The molecule has 64 valence electrons. The predicted octanol–water partition coefficient (Wildman–Crippen LogP) is 2.60. The van der Waals surface area contributed by atoms with Crippen LogP contribution >= 0.6 is 12.4 Å². The molecule has 1 atom stereocenters. The summed E-state index contributed by atoms with van der Waals surface area (Å²) in [6, 6.07) is 0.705. The largest absolute Gasteiger partial charge is 0.317 e. The highest BCUT2D eigenvalue weighted by molar-refractivity contribution is 5.85. The lowest BCUT2D eigenvalue weighted by atomic mass is 10.1. The molecule has 1 unspecified atom stereocenters. The predicted molar refractivity (Wildman–Crippen MR) is 49.9 cm³/mol. The summed E-state index contributed by atoms with van der Waals surface area (Å²) < 4.78 is 0. The molecule has 0 saturated carbocycles. The molecule has 0 aromatic rings. The molecule has 0 aromatic carbocycles. The van der Waals surface area contributed by atoms with Crippen molar-refractivity contribution in [1.29, 1.82) is 0 Å². The number of halogens is 1. The highest BCUT2D eigenvalue weighted by Gasteiger charge is 1.94. The average Bonchev–Trinajstić information content (AvgIpc) is 1.89. The van der Waals surface area contributed by atoms with Gasteiger partial charge in [0.15, 0.2) is 0 Å². The van der Waals surface area contributed by atoms with Gasteiger partial charge in [0, 0.05) is 6.04 Å². The fraction of sp³-hybridized carbons (Fsp3) is 1.00. The molecule has 1 nitrogen and oxygen atoms in total. The quantitative estimate of drug-likeness (QED) is 0.618. The monoisotopic (exact) mass is 165 g/mol. The number of nitrogens with one attached hydrogen (secondary N) is 1. The molecule has 10 heavy (non-hydrogen) atoms. The maximum absolute atomic E-state index is 3.22. The van der Waals surface area contributed by atoms with Gasteiger partial charge in [-0.1, -0.05) is 26.2 Å². The number of hydrogen-bond donors (Lipinski definition) is 1. The van der Waals surface area contributed by atoms with Gasteiger partial charge in [-0.2, -0.15) is 0 Å². The maximum Gasteiger partial charge on any atom is 0.00357 e. The molecule has 0 aliphatic heterocycles. The van der Waals surface area contributed by atoms with Crippen molar-refractivity contribution >= 4 is 12.4 Å². The van der Waals surface area contributed by atoms with Gasteiger partial charge >= 0.3 is 0 Å². The summed E-state index contributed by atoms with van der Waals surface area (Å²) in [7, 11) is 2.02. The first-order valence-electron chi connectivity index (χ1n) is 3.98. The normalized spacial score (nSPS) is 12.3. The Balaban J connectivity index is 0. The first-order valence-corrected chi connectivity index (χ1v) is 3.98. The Morgan fingerprint density at radius 2 is 1.90 bits per heavy atom. The summed E-state index contributed by atoms with van der Waals surface area (Å²) >= 11 is 0. The molecule has 0 aliphatic rings. The Hall–Kier alpha value is 0.250. The van der Waals surface area contributed by atoms with Crippen molar-refractivity contribution in [3.63, 3.8) is 0 Å². The van der Waals surface area contributed by atoms with Gasteiger partial charge in [-0.25, -0.2) is 0 Å². The van der Waals surface area contributed by atoms with Crippen molar-refractivity contribution < 1.29 is 0 Å². The first-order chi connectivity index (χ1) is 4.31. The van der Waals surface area contributed by atoms with E-state index in [0.29, 0.717) is 6.04 Å². The molecule has 0 spiro atoms. The summed E-state index contributed by atoms with van der Waals surface area (Å²) in [5.74, 6) is 0. The molecule has 0 aromatic heterocycles. The molecule has 0 amide bonds. The second-order valence-corrected chi connectivity index (χ2v) is 2.69. The van der Waals surface area contributed by atoms with Crippen LogP contribution in [0.3, 0.4) is 0 Å². The first kappa shape index (κ1) is 12.9. The van der Waals surface area contributed by atoms with E-state index in [1.165, 1.54) is 25.7 Å². The van der Waals surface area contributed by atoms with Gasteiger partial charge in [0.1, 0.15) is 0 Å². The molecule has 0 fully saturated rings. The molecule has 0 saturated heterocycles. The fourth-order valence-electron chi connectivity index (χ4n) is 0.845. The van der Waals surface area contributed by atoms with E-state index < -0.39 is 0 Å². The zero-order chi connectivity index (χ0) is 7.11. The Morgan fingerprint density at radius 1 is 1.30 bits per heavy atom. The van der Waals surface area contributed by atoms with Gasteiger partial charge in [0.25, 0.3) is 0 Å². The average molecular weight is 166 g/mol. The zero-order valence-electron chi connectivity index (χ0n) is 7.31. The van der Waals surface area contributed by atoms with Crippen LogP contribution in [0.2, 0.25) is 0 Å². The number of rotatable bonds is 5. The van der Waals surface area contributed by atoms with Gasteiger partial charge in [-0.15, -0.1) is 12.4 Å². The van der Waals surface area contributed by atoms with Crippen molar-refractivity contribution in [2.75, 3.05) is 7.05 Å². The zero-order valence-corrected chi connectivity index (χ0v) is 8.13. The van der Waals surface area contributed by atoms with Gasteiger partial charge in [-0.05, 0) is 20.4 Å². The minimum absolute atomic E-state index is 0. The third-order valence-electron chi connectivity index (χ3n) is 1.73. The van der Waals surface area contributed by atoms with Gasteiger partial charge < -0.3 is 5.32 Å². The SMILES string of the molecule is CCCCCC(C)NC.Cl. The molecule has 0 heterocycles. The van der Waals surface area contributed by atoms with Crippen LogP contribution in [0.5, 0.6) is 0 Å². The van der Waals surface area contributed by atoms with Gasteiger partial charge in [-0.3, -0.25) is 0 Å². The second kappa shape index (κ2) is 9.25. The van der Waals surface area contributed by atoms with Crippen molar-refractivity contribution in [1.82, 2.24) is 5.32 Å². The lowest BCUT2D eigenvalue weighted by molar-refractivity contribution is 0.525. The van der Waals surface area contributed by atoms with Crippen molar-refractivity contribution in [2.24, 2.45) is 0 Å². The Kier molecular flexibility index (Phi) is 11.9. The van der Waals surface area contributed by atoms with E-state index >= 15 is 0 Å². The minimum atomic E-state index is 0. The summed E-state index contributed by atoms with van der Waals surface area (Å²) in [5, 5.41) is 3.22. The van der Waals surface area contributed by atoms with Crippen LogP contribution in [0, 0.1) is 0 Å². The van der Waals surface area contributed by atoms with Crippen LogP contribution in [-0.2, 0) is 0 Å². The second-order valence-electron chi connectivity index (χ2n) is 2.69. The topological polar surface area (TPSA) is 12.0 Å². The standard InChI is InChI=1S/C8H19N.ClH/c1-4-5-6-7-8(2)9-3;/h8-9H,4-7H2,1-3H3;1H. The Bertz CT molecular complexity index is 57.2. The smallest absolute Gasteiger partial charge is 0.00357 e.